The molecule has 28 heavy (non-hydrogen) atoms. The van der Waals surface area contributed by atoms with Gasteiger partial charge in [0.25, 0.3) is 0 Å². The highest BCUT2D eigenvalue weighted by Gasteiger charge is 2.23. The molecule has 0 atom stereocenters. The molecule has 0 fully saturated rings. The fourth-order valence-corrected chi connectivity index (χ4v) is 3.33. The van der Waals surface area contributed by atoms with Gasteiger partial charge in [0.05, 0.1) is 5.56 Å². The first-order chi connectivity index (χ1) is 13.4. The van der Waals surface area contributed by atoms with Gasteiger partial charge < -0.3 is 14.0 Å². The standard InChI is InChI=1S/C21H19BrClNO4/c1-12(2)24-19(25)10-9-18-20(21(26)13-3-5-14(22)6-4-13)16-11-15(28-23)7-8-17(16)27-18/h3-8,11-12H,9-10H2,1-2H3,(H,24,25). The Hall–Kier alpha value is -2.31. The molecule has 0 bridgehead atoms. The number of carbonyl (C=O) groups is 2. The van der Waals surface area contributed by atoms with Gasteiger partial charge in [0.1, 0.15) is 29.0 Å². The van der Waals surface area contributed by atoms with Gasteiger partial charge in [0, 0.05) is 34.3 Å². The lowest BCUT2D eigenvalue weighted by Crippen LogP contribution is -2.30. The van der Waals surface area contributed by atoms with Gasteiger partial charge in [0.15, 0.2) is 5.78 Å². The zero-order valence-corrected chi connectivity index (χ0v) is 17.8. The van der Waals surface area contributed by atoms with Crippen LogP contribution in [0.2, 0.25) is 0 Å². The van der Waals surface area contributed by atoms with Crippen LogP contribution in [0.5, 0.6) is 5.75 Å². The molecule has 5 nitrogen and oxygen atoms in total. The van der Waals surface area contributed by atoms with E-state index < -0.39 is 0 Å². The fraction of sp³-hybridized carbons (Fsp3) is 0.238. The van der Waals surface area contributed by atoms with Crippen molar-refractivity contribution in [3.05, 3.63) is 63.8 Å². The summed E-state index contributed by atoms with van der Waals surface area (Å²) in [6.07, 6.45) is 0.527. The molecule has 0 saturated heterocycles. The van der Waals surface area contributed by atoms with Gasteiger partial charge in [-0.1, -0.05) is 15.9 Å². The van der Waals surface area contributed by atoms with Crippen molar-refractivity contribution in [1.29, 1.82) is 0 Å². The first kappa shape index (κ1) is 20.4. The molecule has 3 rings (SSSR count). The number of halogens is 2. The Morgan fingerprint density at radius 3 is 2.54 bits per heavy atom. The summed E-state index contributed by atoms with van der Waals surface area (Å²) in [7, 11) is 0. The average molecular weight is 465 g/mol. The normalized spacial score (nSPS) is 11.0. The van der Waals surface area contributed by atoms with Gasteiger partial charge in [-0.15, -0.1) is 0 Å². The lowest BCUT2D eigenvalue weighted by molar-refractivity contribution is -0.121. The summed E-state index contributed by atoms with van der Waals surface area (Å²) in [5.74, 6) is 0.594. The molecule has 0 radical (unpaired) electrons. The quantitative estimate of drug-likeness (QED) is 0.474. The minimum atomic E-state index is -0.183. The van der Waals surface area contributed by atoms with Crippen LogP contribution in [0.4, 0.5) is 0 Å². The first-order valence-corrected chi connectivity index (χ1v) is 9.93. The summed E-state index contributed by atoms with van der Waals surface area (Å²) in [6.45, 7) is 3.80. The molecule has 1 N–H and O–H groups in total. The predicted molar refractivity (Wildman–Crippen MR) is 112 cm³/mol. The number of hydrogen-bond acceptors (Lipinski definition) is 4. The molecule has 1 amide bonds. The number of ketones is 1. The van der Waals surface area contributed by atoms with Crippen LogP contribution in [-0.2, 0) is 11.2 Å². The second-order valence-electron chi connectivity index (χ2n) is 6.69. The van der Waals surface area contributed by atoms with E-state index in [1.807, 2.05) is 13.8 Å². The van der Waals surface area contributed by atoms with Crippen molar-refractivity contribution < 1.29 is 18.3 Å². The maximum Gasteiger partial charge on any atom is 0.220 e. The van der Waals surface area contributed by atoms with Gasteiger partial charge in [-0.2, -0.15) is 0 Å². The topological polar surface area (TPSA) is 68.5 Å². The summed E-state index contributed by atoms with van der Waals surface area (Å²) < 4.78 is 11.6. The molecule has 0 aliphatic rings. The monoisotopic (exact) mass is 463 g/mol. The number of rotatable bonds is 7. The van der Waals surface area contributed by atoms with E-state index in [-0.39, 0.29) is 24.2 Å². The van der Waals surface area contributed by atoms with Crippen LogP contribution in [-0.4, -0.2) is 17.7 Å². The van der Waals surface area contributed by atoms with Crippen LogP contribution in [0.1, 0.15) is 41.9 Å². The number of aryl methyl sites for hydroxylation is 1. The van der Waals surface area contributed by atoms with E-state index in [1.54, 1.807) is 42.5 Å². The fourth-order valence-electron chi connectivity index (χ4n) is 2.97. The van der Waals surface area contributed by atoms with E-state index in [9.17, 15) is 9.59 Å². The molecule has 1 aromatic heterocycles. The van der Waals surface area contributed by atoms with Crippen LogP contribution in [0.15, 0.2) is 51.4 Å². The highest BCUT2D eigenvalue weighted by atomic mass is 79.9. The molecule has 146 valence electrons. The first-order valence-electron chi connectivity index (χ1n) is 8.82. The van der Waals surface area contributed by atoms with E-state index in [4.69, 9.17) is 20.6 Å². The summed E-state index contributed by atoms with van der Waals surface area (Å²) in [5.41, 5.74) is 1.48. The van der Waals surface area contributed by atoms with Gasteiger partial charge >= 0.3 is 0 Å². The molecule has 0 unspecified atom stereocenters. The lowest BCUT2D eigenvalue weighted by atomic mass is 9.98. The second kappa shape index (κ2) is 8.80. The maximum absolute atomic E-state index is 13.2. The molecule has 0 saturated carbocycles. The Balaban J connectivity index is 2.02. The summed E-state index contributed by atoms with van der Waals surface area (Å²) in [5, 5.41) is 3.45. The summed E-state index contributed by atoms with van der Waals surface area (Å²) >= 11 is 8.85. The number of nitrogens with one attached hydrogen (secondary N) is 1. The van der Waals surface area contributed by atoms with Crippen LogP contribution >= 0.6 is 27.8 Å². The van der Waals surface area contributed by atoms with Crippen molar-refractivity contribution >= 4 is 50.5 Å². The minimum Gasteiger partial charge on any atom is -0.460 e. The maximum atomic E-state index is 13.2. The molecule has 7 heteroatoms. The Kier molecular flexibility index (Phi) is 6.42. The number of furan rings is 1. The van der Waals surface area contributed by atoms with Crippen LogP contribution in [0, 0.1) is 0 Å². The SMILES string of the molecule is CC(C)NC(=O)CCc1oc2ccc(OCl)cc2c1C(=O)c1ccc(Br)cc1. The molecule has 2 aromatic carbocycles. The van der Waals surface area contributed by atoms with Crippen molar-refractivity contribution in [3.63, 3.8) is 0 Å². The Morgan fingerprint density at radius 1 is 1.18 bits per heavy atom. The Bertz CT molecular complexity index is 1010. The molecule has 0 aliphatic carbocycles. The average Bonchev–Trinajstić information content (AvgIpc) is 3.03. The number of fused-ring (bicyclic) bond motifs is 1. The van der Waals surface area contributed by atoms with Gasteiger partial charge in [-0.3, -0.25) is 9.59 Å². The van der Waals surface area contributed by atoms with Gasteiger partial charge in [0.2, 0.25) is 5.91 Å². The zero-order chi connectivity index (χ0) is 20.3. The van der Waals surface area contributed by atoms with Gasteiger partial charge in [-0.25, -0.2) is 0 Å². The number of amides is 1. The number of benzene rings is 2. The molecule has 3 aromatic rings. The molecular formula is C21H19BrClNO4. The highest BCUT2D eigenvalue weighted by Crippen LogP contribution is 2.32. The van der Waals surface area contributed by atoms with Crippen molar-refractivity contribution in [1.82, 2.24) is 5.32 Å². The van der Waals surface area contributed by atoms with Crippen LogP contribution < -0.4 is 9.61 Å². The number of carbonyl (C=O) groups excluding carboxylic acids is 2. The van der Waals surface area contributed by atoms with E-state index in [0.717, 1.165) is 4.47 Å². The third-order valence-electron chi connectivity index (χ3n) is 4.18. The van der Waals surface area contributed by atoms with E-state index in [2.05, 4.69) is 21.2 Å². The second-order valence-corrected chi connectivity index (χ2v) is 7.76. The summed E-state index contributed by atoms with van der Waals surface area (Å²) in [6, 6.07) is 12.2. The number of hydrogen-bond donors (Lipinski definition) is 1. The van der Waals surface area contributed by atoms with Crippen molar-refractivity contribution in [3.8, 4) is 5.75 Å². The Morgan fingerprint density at radius 2 is 1.89 bits per heavy atom. The zero-order valence-electron chi connectivity index (χ0n) is 15.4. The van der Waals surface area contributed by atoms with E-state index in [1.165, 1.54) is 0 Å². The molecule has 0 spiro atoms. The van der Waals surface area contributed by atoms with Crippen molar-refractivity contribution in [2.75, 3.05) is 0 Å². The molecule has 1 heterocycles. The van der Waals surface area contributed by atoms with E-state index >= 15 is 0 Å². The lowest BCUT2D eigenvalue weighted by Gasteiger charge is -2.08. The van der Waals surface area contributed by atoms with Gasteiger partial charge in [-0.05, 0) is 56.3 Å². The molecule has 0 aliphatic heterocycles. The van der Waals surface area contributed by atoms with E-state index in [0.29, 0.717) is 40.0 Å². The highest BCUT2D eigenvalue weighted by molar-refractivity contribution is 9.10. The molecular weight excluding hydrogens is 446 g/mol. The third-order valence-corrected chi connectivity index (χ3v) is 4.89. The minimum absolute atomic E-state index is 0.0514. The predicted octanol–water partition coefficient (Wildman–Crippen LogP) is 5.42. The summed E-state index contributed by atoms with van der Waals surface area (Å²) in [4.78, 5) is 25.3. The van der Waals surface area contributed by atoms with Crippen LogP contribution in [0.25, 0.3) is 11.0 Å². The largest absolute Gasteiger partial charge is 0.460 e. The third kappa shape index (κ3) is 4.56. The van der Waals surface area contributed by atoms with Crippen molar-refractivity contribution in [2.45, 2.75) is 32.7 Å². The smallest absolute Gasteiger partial charge is 0.220 e. The Labute approximate surface area is 176 Å². The van der Waals surface area contributed by atoms with Crippen molar-refractivity contribution in [2.24, 2.45) is 0 Å². The van der Waals surface area contributed by atoms with Crippen LogP contribution in [0.3, 0.4) is 0 Å².